The van der Waals surface area contributed by atoms with Gasteiger partial charge in [-0.1, -0.05) is 0 Å². The molecule has 5 heteroatoms. The standard InChI is InChI=1S/C11H11N3O2/c1-7-13-2-3-14(7)10-5-8(11(15)16)4-9(12)6-10/h2-6H,12H2,1H3,(H,15,16). The smallest absolute Gasteiger partial charge is 0.335 e. The third-order valence-electron chi connectivity index (χ3n) is 2.29. The van der Waals surface area contributed by atoms with Crippen LogP contribution in [0.4, 0.5) is 5.69 Å². The number of aryl methyl sites for hydroxylation is 1. The van der Waals surface area contributed by atoms with Crippen LogP contribution in [-0.4, -0.2) is 20.6 Å². The molecule has 0 spiro atoms. The number of imidazole rings is 1. The van der Waals surface area contributed by atoms with Crippen LogP contribution in [0.5, 0.6) is 0 Å². The molecule has 1 heterocycles. The molecule has 0 saturated carbocycles. The van der Waals surface area contributed by atoms with Crippen LogP contribution in [0, 0.1) is 6.92 Å². The number of carboxylic acids is 1. The van der Waals surface area contributed by atoms with Gasteiger partial charge in [0.1, 0.15) is 5.82 Å². The largest absolute Gasteiger partial charge is 0.478 e. The summed E-state index contributed by atoms with van der Waals surface area (Å²) in [6, 6.07) is 4.70. The van der Waals surface area contributed by atoms with Crippen molar-refractivity contribution in [1.82, 2.24) is 9.55 Å². The average molecular weight is 217 g/mol. The predicted octanol–water partition coefficient (Wildman–Crippen LogP) is 1.46. The van der Waals surface area contributed by atoms with E-state index in [-0.39, 0.29) is 5.56 Å². The molecule has 0 aliphatic heterocycles. The maximum Gasteiger partial charge on any atom is 0.335 e. The van der Waals surface area contributed by atoms with Gasteiger partial charge in [0, 0.05) is 23.8 Å². The molecule has 5 nitrogen and oxygen atoms in total. The van der Waals surface area contributed by atoms with Crippen LogP contribution >= 0.6 is 0 Å². The number of rotatable bonds is 2. The van der Waals surface area contributed by atoms with Crippen molar-refractivity contribution in [3.63, 3.8) is 0 Å². The van der Waals surface area contributed by atoms with Crippen molar-refractivity contribution in [2.75, 3.05) is 5.73 Å². The van der Waals surface area contributed by atoms with Crippen LogP contribution in [0.15, 0.2) is 30.6 Å². The third-order valence-corrected chi connectivity index (χ3v) is 2.29. The minimum atomic E-state index is -0.994. The maximum absolute atomic E-state index is 10.9. The van der Waals surface area contributed by atoms with Crippen molar-refractivity contribution >= 4 is 11.7 Å². The number of hydrogen-bond donors (Lipinski definition) is 2. The predicted molar refractivity (Wildman–Crippen MR) is 59.7 cm³/mol. The molecule has 0 fully saturated rings. The Kier molecular flexibility index (Phi) is 2.36. The lowest BCUT2D eigenvalue weighted by atomic mass is 10.1. The van der Waals surface area contributed by atoms with E-state index in [2.05, 4.69) is 4.98 Å². The van der Waals surface area contributed by atoms with Gasteiger partial charge in [0.25, 0.3) is 0 Å². The van der Waals surface area contributed by atoms with E-state index in [0.29, 0.717) is 11.4 Å². The van der Waals surface area contributed by atoms with Crippen LogP contribution < -0.4 is 5.73 Å². The summed E-state index contributed by atoms with van der Waals surface area (Å²) in [5.74, 6) is -0.215. The first-order chi connectivity index (χ1) is 7.58. The highest BCUT2D eigenvalue weighted by atomic mass is 16.4. The Morgan fingerprint density at radius 2 is 2.19 bits per heavy atom. The van der Waals surface area contributed by atoms with Gasteiger partial charge in [-0.3, -0.25) is 0 Å². The Morgan fingerprint density at radius 3 is 2.75 bits per heavy atom. The fourth-order valence-corrected chi connectivity index (χ4v) is 1.55. The van der Waals surface area contributed by atoms with Crippen molar-refractivity contribution in [1.29, 1.82) is 0 Å². The van der Waals surface area contributed by atoms with Gasteiger partial charge in [0.2, 0.25) is 0 Å². The number of nitrogens with two attached hydrogens (primary N) is 1. The summed E-state index contributed by atoms with van der Waals surface area (Å²) in [5, 5.41) is 8.92. The topological polar surface area (TPSA) is 81.1 Å². The van der Waals surface area contributed by atoms with Crippen LogP contribution in [0.2, 0.25) is 0 Å². The fourth-order valence-electron chi connectivity index (χ4n) is 1.55. The van der Waals surface area contributed by atoms with Crippen LogP contribution in [0.25, 0.3) is 5.69 Å². The first-order valence-electron chi connectivity index (χ1n) is 4.72. The highest BCUT2D eigenvalue weighted by Crippen LogP contribution is 2.17. The van der Waals surface area contributed by atoms with Gasteiger partial charge in [-0.15, -0.1) is 0 Å². The maximum atomic E-state index is 10.9. The molecule has 1 aromatic heterocycles. The third kappa shape index (κ3) is 1.75. The molecule has 0 amide bonds. The quantitative estimate of drug-likeness (QED) is 0.746. The number of nitrogen functional groups attached to an aromatic ring is 1. The fraction of sp³-hybridized carbons (Fsp3) is 0.0909. The van der Waals surface area contributed by atoms with Crippen molar-refractivity contribution in [3.8, 4) is 5.69 Å². The van der Waals surface area contributed by atoms with E-state index in [1.54, 1.807) is 29.1 Å². The van der Waals surface area contributed by atoms with Crippen molar-refractivity contribution in [2.45, 2.75) is 6.92 Å². The molecule has 0 atom stereocenters. The number of benzene rings is 1. The van der Waals surface area contributed by atoms with Crippen molar-refractivity contribution in [2.24, 2.45) is 0 Å². The summed E-state index contributed by atoms with van der Waals surface area (Å²) < 4.78 is 1.78. The normalized spacial score (nSPS) is 10.3. The second-order valence-electron chi connectivity index (χ2n) is 3.46. The first kappa shape index (κ1) is 10.2. The van der Waals surface area contributed by atoms with Gasteiger partial charge < -0.3 is 15.4 Å². The molecular formula is C11H11N3O2. The highest BCUT2D eigenvalue weighted by molar-refractivity contribution is 5.89. The Bertz CT molecular complexity index is 546. The van der Waals surface area contributed by atoms with Crippen LogP contribution in [0.1, 0.15) is 16.2 Å². The lowest BCUT2D eigenvalue weighted by molar-refractivity contribution is 0.0697. The molecule has 82 valence electrons. The summed E-state index contributed by atoms with van der Waals surface area (Å²) >= 11 is 0. The van der Waals surface area contributed by atoms with E-state index in [0.717, 1.165) is 5.82 Å². The molecule has 0 aliphatic carbocycles. The minimum absolute atomic E-state index is 0.170. The number of anilines is 1. The molecule has 0 radical (unpaired) electrons. The first-order valence-corrected chi connectivity index (χ1v) is 4.72. The van der Waals surface area contributed by atoms with Crippen molar-refractivity contribution < 1.29 is 9.90 Å². The molecular weight excluding hydrogens is 206 g/mol. The van der Waals surface area contributed by atoms with E-state index >= 15 is 0 Å². The monoisotopic (exact) mass is 217 g/mol. The number of aromatic nitrogens is 2. The van der Waals surface area contributed by atoms with Crippen molar-refractivity contribution in [3.05, 3.63) is 42.0 Å². The van der Waals surface area contributed by atoms with E-state index in [1.165, 1.54) is 6.07 Å². The summed E-state index contributed by atoms with van der Waals surface area (Å²) in [7, 11) is 0. The second kappa shape index (κ2) is 3.69. The molecule has 2 rings (SSSR count). The average Bonchev–Trinajstić information content (AvgIpc) is 2.63. The molecule has 1 aromatic carbocycles. The lowest BCUT2D eigenvalue weighted by Crippen LogP contribution is -2.02. The Hall–Kier alpha value is -2.30. The molecule has 3 N–H and O–H groups in total. The SMILES string of the molecule is Cc1nccn1-c1cc(N)cc(C(=O)O)c1. The minimum Gasteiger partial charge on any atom is -0.478 e. The van der Waals surface area contributed by atoms with E-state index in [4.69, 9.17) is 10.8 Å². The van der Waals surface area contributed by atoms with E-state index in [9.17, 15) is 4.79 Å². The van der Waals surface area contributed by atoms with Gasteiger partial charge >= 0.3 is 5.97 Å². The van der Waals surface area contributed by atoms with E-state index < -0.39 is 5.97 Å². The number of carboxylic acid groups (broad SMARTS) is 1. The van der Waals surface area contributed by atoms with Gasteiger partial charge in [-0.25, -0.2) is 9.78 Å². The molecule has 16 heavy (non-hydrogen) atoms. The van der Waals surface area contributed by atoms with Gasteiger partial charge in [0.05, 0.1) is 5.56 Å². The zero-order valence-electron chi connectivity index (χ0n) is 8.71. The van der Waals surface area contributed by atoms with Crippen LogP contribution in [-0.2, 0) is 0 Å². The zero-order valence-corrected chi connectivity index (χ0v) is 8.71. The zero-order chi connectivity index (χ0) is 11.7. The molecule has 2 aromatic rings. The molecule has 0 unspecified atom stereocenters. The van der Waals surface area contributed by atoms with Gasteiger partial charge in [0.15, 0.2) is 0 Å². The van der Waals surface area contributed by atoms with E-state index in [1.807, 2.05) is 6.92 Å². The lowest BCUT2D eigenvalue weighted by Gasteiger charge is -2.07. The number of aromatic carboxylic acids is 1. The Labute approximate surface area is 92.2 Å². The number of nitrogens with zero attached hydrogens (tertiary/aromatic N) is 2. The van der Waals surface area contributed by atoms with Gasteiger partial charge in [-0.2, -0.15) is 0 Å². The summed E-state index contributed by atoms with van der Waals surface area (Å²) in [6.45, 7) is 1.84. The summed E-state index contributed by atoms with van der Waals surface area (Å²) in [6.07, 6.45) is 3.41. The Morgan fingerprint density at radius 1 is 1.44 bits per heavy atom. The van der Waals surface area contributed by atoms with Gasteiger partial charge in [-0.05, 0) is 25.1 Å². The summed E-state index contributed by atoms with van der Waals surface area (Å²) in [5.41, 5.74) is 6.95. The van der Waals surface area contributed by atoms with Crippen LogP contribution in [0.3, 0.4) is 0 Å². The Balaban J connectivity index is 2.58. The number of hydrogen-bond acceptors (Lipinski definition) is 3. The molecule has 0 saturated heterocycles. The second-order valence-corrected chi connectivity index (χ2v) is 3.46. The molecule has 0 bridgehead atoms. The number of carbonyl (C=O) groups is 1. The molecule has 0 aliphatic rings. The summed E-state index contributed by atoms with van der Waals surface area (Å²) in [4.78, 5) is 15.0. The highest BCUT2D eigenvalue weighted by Gasteiger charge is 2.08.